The van der Waals surface area contributed by atoms with Crippen molar-refractivity contribution in [1.82, 2.24) is 0 Å². The molecule has 0 unspecified atom stereocenters. The number of benzene rings is 2. The van der Waals surface area contributed by atoms with Crippen LogP contribution < -0.4 is 0 Å². The molecule has 0 aliphatic carbocycles. The normalized spacial score (nSPS) is 25.4. The quantitative estimate of drug-likeness (QED) is 0.175. The Morgan fingerprint density at radius 1 is 1.00 bits per heavy atom. The molecule has 2 aromatic carbocycles. The third kappa shape index (κ3) is 8.15. The molecular formula is C27H30Cl3NO7. The molecular weight excluding hydrogens is 557 g/mol. The number of Topliss-reactive ketones (excluding diaryl/α,β-unsaturated/α-hetero) is 1. The standard InChI is InChI=1S/C27H30Cl3NO7/c1-17(32)13-14-21(33)37-22-23(35-16-20-11-7-4-8-12-20)26(34,15-19-9-5-3-6-10-19)18(2)36-24(22)38-25(31)27(28,29)30/h3-12,18,22-24,31,34H,13-16H2,1-2H3/t18-,22+,23-,24-,26-/m0/s1. The van der Waals surface area contributed by atoms with Crippen molar-refractivity contribution >= 4 is 52.5 Å². The molecule has 0 aromatic heterocycles. The highest BCUT2D eigenvalue weighted by atomic mass is 35.6. The van der Waals surface area contributed by atoms with E-state index >= 15 is 0 Å². The van der Waals surface area contributed by atoms with Crippen molar-refractivity contribution in [3.8, 4) is 0 Å². The molecule has 11 heteroatoms. The Hall–Kier alpha value is -2.20. The fourth-order valence-corrected chi connectivity index (χ4v) is 4.24. The van der Waals surface area contributed by atoms with E-state index in [-0.39, 0.29) is 31.7 Å². The molecule has 1 heterocycles. The Morgan fingerprint density at radius 3 is 2.13 bits per heavy atom. The maximum atomic E-state index is 12.8. The molecule has 2 aromatic rings. The van der Waals surface area contributed by atoms with E-state index in [0.717, 1.165) is 11.1 Å². The Bertz CT molecular complexity index is 1100. The van der Waals surface area contributed by atoms with E-state index in [4.69, 9.17) is 59.2 Å². The number of aliphatic hydroxyl groups is 1. The molecule has 38 heavy (non-hydrogen) atoms. The number of hydrogen-bond donors (Lipinski definition) is 2. The van der Waals surface area contributed by atoms with Crippen LogP contribution in [-0.4, -0.2) is 56.8 Å². The van der Waals surface area contributed by atoms with Crippen LogP contribution in [0.2, 0.25) is 0 Å². The predicted molar refractivity (Wildman–Crippen MR) is 143 cm³/mol. The van der Waals surface area contributed by atoms with Crippen molar-refractivity contribution in [2.45, 2.75) is 73.7 Å². The minimum atomic E-state index is -2.21. The molecule has 1 fully saturated rings. The summed E-state index contributed by atoms with van der Waals surface area (Å²) >= 11 is 17.5. The average molecular weight is 587 g/mol. The van der Waals surface area contributed by atoms with E-state index < -0.39 is 45.9 Å². The second-order valence-electron chi connectivity index (χ2n) is 9.12. The minimum absolute atomic E-state index is 0.0396. The van der Waals surface area contributed by atoms with Gasteiger partial charge in [0.1, 0.15) is 17.5 Å². The lowest BCUT2D eigenvalue weighted by atomic mass is 9.79. The van der Waals surface area contributed by atoms with Gasteiger partial charge in [0, 0.05) is 12.8 Å². The number of nitrogens with one attached hydrogen (secondary N) is 1. The van der Waals surface area contributed by atoms with Gasteiger partial charge in [0.15, 0.2) is 6.10 Å². The first-order valence-electron chi connectivity index (χ1n) is 12.0. The van der Waals surface area contributed by atoms with E-state index in [1.807, 2.05) is 60.7 Å². The number of hydrogen-bond acceptors (Lipinski definition) is 8. The molecule has 1 aliphatic rings. The Labute approximate surface area is 236 Å². The van der Waals surface area contributed by atoms with Gasteiger partial charge in [-0.3, -0.25) is 10.2 Å². The number of ketones is 1. The number of alkyl halides is 3. The highest BCUT2D eigenvalue weighted by molar-refractivity contribution is 6.76. The van der Waals surface area contributed by atoms with Gasteiger partial charge in [-0.25, -0.2) is 0 Å². The van der Waals surface area contributed by atoms with Crippen molar-refractivity contribution in [1.29, 1.82) is 5.41 Å². The molecule has 0 bridgehead atoms. The van der Waals surface area contributed by atoms with Gasteiger partial charge < -0.3 is 28.8 Å². The zero-order valence-corrected chi connectivity index (χ0v) is 23.2. The fraction of sp³-hybridized carbons (Fsp3) is 0.444. The molecule has 0 radical (unpaired) electrons. The Balaban J connectivity index is 2.00. The Morgan fingerprint density at radius 2 is 1.58 bits per heavy atom. The first-order valence-corrected chi connectivity index (χ1v) is 13.1. The predicted octanol–water partition coefficient (Wildman–Crippen LogP) is 4.94. The van der Waals surface area contributed by atoms with E-state index in [2.05, 4.69) is 0 Å². The molecule has 1 saturated heterocycles. The van der Waals surface area contributed by atoms with E-state index in [1.54, 1.807) is 6.92 Å². The molecule has 1 aliphatic heterocycles. The second kappa shape index (κ2) is 13.2. The van der Waals surface area contributed by atoms with Crippen LogP contribution in [0.1, 0.15) is 37.8 Å². The lowest BCUT2D eigenvalue weighted by molar-refractivity contribution is -0.320. The zero-order valence-electron chi connectivity index (χ0n) is 20.9. The summed E-state index contributed by atoms with van der Waals surface area (Å²) < 4.78 is 21.2. The summed E-state index contributed by atoms with van der Waals surface area (Å²) in [5, 5.41) is 20.1. The van der Waals surface area contributed by atoms with Gasteiger partial charge in [0.05, 0.1) is 19.1 Å². The number of esters is 1. The van der Waals surface area contributed by atoms with Gasteiger partial charge in [0.2, 0.25) is 12.2 Å². The molecule has 5 atom stereocenters. The van der Waals surface area contributed by atoms with Gasteiger partial charge in [0.25, 0.3) is 3.79 Å². The minimum Gasteiger partial charge on any atom is -0.453 e. The second-order valence-corrected chi connectivity index (χ2v) is 11.4. The molecule has 0 spiro atoms. The summed E-state index contributed by atoms with van der Waals surface area (Å²) in [7, 11) is 0. The van der Waals surface area contributed by atoms with Gasteiger partial charge in [-0.15, -0.1) is 0 Å². The first-order chi connectivity index (χ1) is 17.9. The van der Waals surface area contributed by atoms with Crippen molar-refractivity contribution < 1.29 is 33.6 Å². The molecule has 2 N–H and O–H groups in total. The van der Waals surface area contributed by atoms with Crippen LogP contribution in [0.3, 0.4) is 0 Å². The fourth-order valence-electron chi connectivity index (χ4n) is 4.11. The lowest BCUT2D eigenvalue weighted by Crippen LogP contribution is -2.68. The van der Waals surface area contributed by atoms with Crippen LogP contribution >= 0.6 is 34.8 Å². The summed E-state index contributed by atoms with van der Waals surface area (Å²) in [6.07, 6.45) is -5.11. The largest absolute Gasteiger partial charge is 0.453 e. The molecule has 0 amide bonds. The van der Waals surface area contributed by atoms with Gasteiger partial charge >= 0.3 is 5.97 Å². The molecule has 0 saturated carbocycles. The summed E-state index contributed by atoms with van der Waals surface area (Å²) in [6.45, 7) is 3.04. The van der Waals surface area contributed by atoms with Crippen molar-refractivity contribution in [2.75, 3.05) is 0 Å². The van der Waals surface area contributed by atoms with E-state index in [0.29, 0.717) is 0 Å². The van der Waals surface area contributed by atoms with E-state index in [9.17, 15) is 14.7 Å². The van der Waals surface area contributed by atoms with Crippen LogP contribution in [0.5, 0.6) is 0 Å². The number of halogens is 3. The van der Waals surface area contributed by atoms with Crippen LogP contribution in [-0.2, 0) is 41.6 Å². The van der Waals surface area contributed by atoms with Gasteiger partial charge in [-0.1, -0.05) is 95.5 Å². The maximum Gasteiger partial charge on any atom is 0.306 e. The van der Waals surface area contributed by atoms with Crippen LogP contribution in [0.25, 0.3) is 0 Å². The van der Waals surface area contributed by atoms with Crippen molar-refractivity contribution in [3.63, 3.8) is 0 Å². The van der Waals surface area contributed by atoms with E-state index in [1.165, 1.54) is 6.92 Å². The van der Waals surface area contributed by atoms with Crippen molar-refractivity contribution in [2.24, 2.45) is 0 Å². The third-order valence-corrected chi connectivity index (χ3v) is 6.66. The topological polar surface area (TPSA) is 115 Å². The smallest absolute Gasteiger partial charge is 0.306 e. The highest BCUT2D eigenvalue weighted by Crippen LogP contribution is 2.39. The van der Waals surface area contributed by atoms with Gasteiger partial charge in [-0.05, 0) is 25.0 Å². The molecule has 8 nitrogen and oxygen atoms in total. The van der Waals surface area contributed by atoms with Crippen LogP contribution in [0.4, 0.5) is 0 Å². The number of rotatable bonds is 10. The monoisotopic (exact) mass is 585 g/mol. The molecule has 206 valence electrons. The molecule has 3 rings (SSSR count). The van der Waals surface area contributed by atoms with Crippen LogP contribution in [0.15, 0.2) is 60.7 Å². The van der Waals surface area contributed by atoms with Gasteiger partial charge in [-0.2, -0.15) is 0 Å². The zero-order chi connectivity index (χ0) is 27.9. The van der Waals surface area contributed by atoms with Crippen LogP contribution in [0, 0.1) is 5.41 Å². The number of ether oxygens (including phenoxy) is 4. The number of carbonyl (C=O) groups is 2. The summed E-state index contributed by atoms with van der Waals surface area (Å²) in [5.41, 5.74) is -0.111. The highest BCUT2D eigenvalue weighted by Gasteiger charge is 2.58. The lowest BCUT2D eigenvalue weighted by Gasteiger charge is -2.50. The summed E-state index contributed by atoms with van der Waals surface area (Å²) in [6, 6.07) is 18.4. The Kier molecular flexibility index (Phi) is 10.6. The summed E-state index contributed by atoms with van der Waals surface area (Å²) in [4.78, 5) is 24.2. The SMILES string of the molecule is CC(=O)CCC(=O)O[C@H]1[C@H](OC(=N)C(Cl)(Cl)Cl)O[C@@H](C)[C@@](O)(Cc2ccccc2)[C@H]1OCc1ccccc1. The number of carbonyl (C=O) groups excluding carboxylic acids is 2. The first kappa shape index (κ1) is 30.3. The third-order valence-electron chi connectivity index (χ3n) is 6.14. The maximum absolute atomic E-state index is 12.8. The average Bonchev–Trinajstić information content (AvgIpc) is 2.86. The summed E-state index contributed by atoms with van der Waals surface area (Å²) in [5.74, 6) is -1.70. The van der Waals surface area contributed by atoms with Crippen molar-refractivity contribution in [3.05, 3.63) is 71.8 Å².